The Morgan fingerprint density at radius 3 is 1.82 bits per heavy atom. The number of rotatable bonds is 3. The largest absolute Gasteiger partial charge is 0.456 e. The molecule has 0 bridgehead atoms. The average molecular weight is 887 g/mol. The van der Waals surface area contributed by atoms with E-state index in [2.05, 4.69) is 162 Å². The van der Waals surface area contributed by atoms with Gasteiger partial charge in [0.15, 0.2) is 6.23 Å². The molecule has 15 aromatic rings. The molecular weight excluding hydrogens is 853 g/mol. The van der Waals surface area contributed by atoms with Crippen LogP contribution in [0.15, 0.2) is 203 Å². The molecule has 1 N–H and O–H groups in total. The van der Waals surface area contributed by atoms with Gasteiger partial charge in [0.05, 0.1) is 22.1 Å². The van der Waals surface area contributed by atoms with Crippen molar-refractivity contribution in [2.75, 3.05) is 0 Å². The normalized spacial score (nSPS) is 13.9. The molecule has 1 unspecified atom stereocenters. The summed E-state index contributed by atoms with van der Waals surface area (Å²) in [6.45, 7) is 0. The Morgan fingerprint density at radius 1 is 0.397 bits per heavy atom. The summed E-state index contributed by atoms with van der Waals surface area (Å²) in [4.78, 5) is 14.8. The highest BCUT2D eigenvalue weighted by Crippen LogP contribution is 2.48. The first kappa shape index (κ1) is 36.6. The number of fused-ring (bicyclic) bond motifs is 16. The van der Waals surface area contributed by atoms with Gasteiger partial charge in [-0.1, -0.05) is 115 Å². The summed E-state index contributed by atoms with van der Waals surface area (Å²) >= 11 is 1.80. The molecule has 6 heteroatoms. The maximum Gasteiger partial charge on any atom is 0.263 e. The zero-order valence-corrected chi connectivity index (χ0v) is 36.9. The molecule has 0 radical (unpaired) electrons. The summed E-state index contributed by atoms with van der Waals surface area (Å²) in [6.07, 6.45) is -0.750. The van der Waals surface area contributed by atoms with Gasteiger partial charge in [-0.25, -0.2) is 0 Å². The fourth-order valence-electron chi connectivity index (χ4n) is 11.8. The standard InChI is InChI=1S/C62H34N2O3S/c65-61-45-13-2-1-9-39(45)48-28-38(31-50-41-10-3-6-14-53(41)63(61)59(48)50)35-20-24-57-47(26-35)44-22-18-36(32-58(44)68-57)33-17-21-40-49-29-37(34-19-23-56-46(25-34)43-12-5-8-16-55(43)67-56)30-51-42-11-4-7-15-54(42)64(60(49)51)62(66)52(40)27-33/h1-32,61,65H. The van der Waals surface area contributed by atoms with Gasteiger partial charge >= 0.3 is 0 Å². The Labute approximate surface area is 390 Å². The molecule has 6 heterocycles. The van der Waals surface area contributed by atoms with Crippen LogP contribution < -0.4 is 5.56 Å². The number of pyridine rings is 1. The lowest BCUT2D eigenvalue weighted by molar-refractivity contribution is 0.155. The number of para-hydroxylation sites is 3. The number of hydrogen-bond acceptors (Lipinski definition) is 4. The van der Waals surface area contributed by atoms with E-state index in [1.54, 1.807) is 11.3 Å². The summed E-state index contributed by atoms with van der Waals surface area (Å²) in [5.74, 6) is 0. The van der Waals surface area contributed by atoms with Crippen molar-refractivity contribution in [2.45, 2.75) is 6.23 Å². The Hall–Kier alpha value is -8.55. The second-order valence-electron chi connectivity index (χ2n) is 18.4. The quantitative estimate of drug-likeness (QED) is 0.180. The fraction of sp³-hybridized carbons (Fsp3) is 0.0161. The fourth-order valence-corrected chi connectivity index (χ4v) is 13.0. The molecule has 316 valence electrons. The highest BCUT2D eigenvalue weighted by Gasteiger charge is 2.29. The van der Waals surface area contributed by atoms with E-state index in [0.29, 0.717) is 5.39 Å². The van der Waals surface area contributed by atoms with E-state index < -0.39 is 6.23 Å². The maximum atomic E-state index is 14.8. The number of aromatic nitrogens is 2. The molecule has 5 nitrogen and oxygen atoms in total. The van der Waals surface area contributed by atoms with Gasteiger partial charge < -0.3 is 14.1 Å². The van der Waals surface area contributed by atoms with Crippen LogP contribution in [0.3, 0.4) is 0 Å². The Morgan fingerprint density at radius 2 is 0.971 bits per heavy atom. The maximum absolute atomic E-state index is 14.8. The molecule has 0 fully saturated rings. The minimum atomic E-state index is -0.750. The highest BCUT2D eigenvalue weighted by atomic mass is 32.1. The minimum absolute atomic E-state index is 0.00776. The van der Waals surface area contributed by atoms with Gasteiger partial charge in [-0.15, -0.1) is 11.3 Å². The minimum Gasteiger partial charge on any atom is -0.456 e. The summed E-state index contributed by atoms with van der Waals surface area (Å²) < 4.78 is 12.6. The van der Waals surface area contributed by atoms with Gasteiger partial charge in [-0.05, 0) is 123 Å². The SMILES string of the molecule is O=c1c2cc(-c3ccc4c(c3)sc3ccc(-c5cc6c7c(c5)c5ccccc5n7C(O)c5ccccc5-6)cc34)ccc2c2cc(-c3ccc4oc5ccccc5c4c3)cc3c4ccccc4n1c23. The van der Waals surface area contributed by atoms with Gasteiger partial charge in [0, 0.05) is 74.4 Å². The van der Waals surface area contributed by atoms with E-state index in [-0.39, 0.29) is 5.56 Å². The lowest BCUT2D eigenvalue weighted by atomic mass is 9.90. The van der Waals surface area contributed by atoms with Crippen LogP contribution in [0.1, 0.15) is 11.8 Å². The van der Waals surface area contributed by atoms with Crippen LogP contribution >= 0.6 is 11.3 Å². The molecule has 1 aliphatic heterocycles. The topological polar surface area (TPSA) is 59.8 Å². The third-order valence-corrected chi connectivity index (χ3v) is 16.1. The van der Waals surface area contributed by atoms with Crippen LogP contribution in [-0.4, -0.2) is 14.1 Å². The number of nitrogens with zero attached hydrogens (tertiary/aromatic N) is 2. The van der Waals surface area contributed by atoms with Gasteiger partial charge in [0.25, 0.3) is 5.56 Å². The third-order valence-electron chi connectivity index (χ3n) is 14.9. The van der Waals surface area contributed by atoms with E-state index in [1.165, 1.54) is 20.2 Å². The molecule has 1 atom stereocenters. The van der Waals surface area contributed by atoms with Gasteiger partial charge in [0.1, 0.15) is 11.2 Å². The molecule has 0 saturated carbocycles. The highest BCUT2D eigenvalue weighted by molar-refractivity contribution is 7.25. The molecule has 0 saturated heterocycles. The molecule has 5 aromatic heterocycles. The van der Waals surface area contributed by atoms with Crippen LogP contribution in [0.25, 0.3) is 146 Å². The first-order valence-corrected chi connectivity index (χ1v) is 23.8. The van der Waals surface area contributed by atoms with Crippen LogP contribution in [-0.2, 0) is 0 Å². The number of benzene rings is 10. The number of thiophene rings is 1. The molecule has 10 aromatic carbocycles. The molecule has 68 heavy (non-hydrogen) atoms. The number of furan rings is 1. The number of hydrogen-bond donors (Lipinski definition) is 1. The van der Waals surface area contributed by atoms with E-state index in [0.717, 1.165) is 126 Å². The van der Waals surface area contributed by atoms with Crippen LogP contribution in [0, 0.1) is 0 Å². The van der Waals surface area contributed by atoms with Crippen molar-refractivity contribution in [3.05, 3.63) is 210 Å². The van der Waals surface area contributed by atoms with Gasteiger partial charge in [-0.2, -0.15) is 0 Å². The van der Waals surface area contributed by atoms with Crippen molar-refractivity contribution < 1.29 is 9.52 Å². The predicted molar refractivity (Wildman–Crippen MR) is 283 cm³/mol. The van der Waals surface area contributed by atoms with Crippen molar-refractivity contribution in [2.24, 2.45) is 0 Å². The molecule has 0 amide bonds. The van der Waals surface area contributed by atoms with E-state index in [1.807, 2.05) is 40.8 Å². The van der Waals surface area contributed by atoms with E-state index in [9.17, 15) is 9.90 Å². The molecule has 0 aliphatic carbocycles. The van der Waals surface area contributed by atoms with Crippen molar-refractivity contribution >= 4 is 113 Å². The Bertz CT molecular complexity index is 4800. The second kappa shape index (κ2) is 13.1. The van der Waals surface area contributed by atoms with Crippen molar-refractivity contribution in [1.82, 2.24) is 8.97 Å². The van der Waals surface area contributed by atoms with Crippen molar-refractivity contribution in [3.63, 3.8) is 0 Å². The summed E-state index contributed by atoms with van der Waals surface area (Å²) in [5, 5.41) is 23.4. The third kappa shape index (κ3) is 4.79. The second-order valence-corrected chi connectivity index (χ2v) is 19.5. The van der Waals surface area contributed by atoms with Crippen molar-refractivity contribution in [1.29, 1.82) is 0 Å². The van der Waals surface area contributed by atoms with Gasteiger partial charge in [-0.3, -0.25) is 9.20 Å². The molecule has 16 rings (SSSR count). The first-order chi connectivity index (χ1) is 33.5. The average Bonchev–Trinajstić information content (AvgIpc) is 4.14. The van der Waals surface area contributed by atoms with Crippen molar-refractivity contribution in [3.8, 4) is 44.5 Å². The summed E-state index contributed by atoms with van der Waals surface area (Å²) in [5.41, 5.74) is 15.4. The first-order valence-electron chi connectivity index (χ1n) is 23.0. The lowest BCUT2D eigenvalue weighted by Gasteiger charge is -2.26. The Balaban J connectivity index is 0.841. The lowest BCUT2D eigenvalue weighted by Crippen LogP contribution is -2.15. The zero-order valence-electron chi connectivity index (χ0n) is 36.1. The van der Waals surface area contributed by atoms with Crippen LogP contribution in [0.4, 0.5) is 0 Å². The summed E-state index contributed by atoms with van der Waals surface area (Å²) in [6, 6.07) is 68.7. The monoisotopic (exact) mass is 886 g/mol. The molecule has 1 aliphatic rings. The predicted octanol–water partition coefficient (Wildman–Crippen LogP) is 16.1. The smallest absolute Gasteiger partial charge is 0.263 e. The number of aliphatic hydroxyl groups is 1. The van der Waals surface area contributed by atoms with E-state index >= 15 is 0 Å². The molecular formula is C62H34N2O3S. The van der Waals surface area contributed by atoms with Crippen LogP contribution in [0.5, 0.6) is 0 Å². The number of aliphatic hydroxyl groups excluding tert-OH is 1. The van der Waals surface area contributed by atoms with E-state index in [4.69, 9.17) is 4.42 Å². The summed E-state index contributed by atoms with van der Waals surface area (Å²) in [7, 11) is 0. The zero-order chi connectivity index (χ0) is 44.5. The molecule has 0 spiro atoms. The Kier molecular flexibility index (Phi) is 7.05. The van der Waals surface area contributed by atoms with Gasteiger partial charge in [0.2, 0.25) is 0 Å². The van der Waals surface area contributed by atoms with Crippen LogP contribution in [0.2, 0.25) is 0 Å².